The highest BCUT2D eigenvalue weighted by Crippen LogP contribution is 2.36. The summed E-state index contributed by atoms with van der Waals surface area (Å²) in [4.78, 5) is 1.83. The summed E-state index contributed by atoms with van der Waals surface area (Å²) < 4.78 is 20.1. The number of halogens is 2. The van der Waals surface area contributed by atoms with E-state index in [9.17, 15) is 4.39 Å². The highest BCUT2D eigenvalue weighted by Gasteiger charge is 2.10. The second-order valence-electron chi connectivity index (χ2n) is 4.22. The molecule has 20 heavy (non-hydrogen) atoms. The Balaban J connectivity index is 2.24. The lowest BCUT2D eigenvalue weighted by Crippen LogP contribution is -1.99. The van der Waals surface area contributed by atoms with Gasteiger partial charge < -0.3 is 10.5 Å². The van der Waals surface area contributed by atoms with Crippen molar-refractivity contribution in [2.75, 3.05) is 12.3 Å². The molecule has 2 nitrogen and oxygen atoms in total. The molecule has 5 heteroatoms. The van der Waals surface area contributed by atoms with Crippen LogP contribution in [0.15, 0.2) is 50.7 Å². The fraction of sp³-hybridized carbons (Fsp3) is 0.200. The molecule has 0 unspecified atom stereocenters. The lowest BCUT2D eigenvalue weighted by atomic mass is 10.3. The standard InChI is InChI=1S/C15H15BrFNOS/c1-2-7-19-14-9-15(13(18)8-12(14)17)20-11-5-3-10(16)4-6-11/h3-6,8-9H,2,7,18H2,1H3. The van der Waals surface area contributed by atoms with Crippen LogP contribution in [-0.4, -0.2) is 6.61 Å². The van der Waals surface area contributed by atoms with Gasteiger partial charge in [0.25, 0.3) is 0 Å². The van der Waals surface area contributed by atoms with Crippen molar-refractivity contribution in [2.45, 2.75) is 23.1 Å². The number of benzene rings is 2. The highest BCUT2D eigenvalue weighted by molar-refractivity contribution is 9.10. The molecular weight excluding hydrogens is 341 g/mol. The summed E-state index contributed by atoms with van der Waals surface area (Å²) in [5, 5.41) is 0. The van der Waals surface area contributed by atoms with Crippen LogP contribution >= 0.6 is 27.7 Å². The summed E-state index contributed by atoms with van der Waals surface area (Å²) in [6, 6.07) is 10.8. The van der Waals surface area contributed by atoms with Gasteiger partial charge in [-0.2, -0.15) is 0 Å². The largest absolute Gasteiger partial charge is 0.490 e. The molecule has 2 N–H and O–H groups in total. The summed E-state index contributed by atoms with van der Waals surface area (Å²) in [6.07, 6.45) is 0.832. The van der Waals surface area contributed by atoms with Crippen LogP contribution in [0.4, 0.5) is 10.1 Å². The second-order valence-corrected chi connectivity index (χ2v) is 6.26. The third-order valence-corrected chi connectivity index (χ3v) is 4.18. The molecule has 0 bridgehead atoms. The average Bonchev–Trinajstić information content (AvgIpc) is 2.43. The van der Waals surface area contributed by atoms with E-state index < -0.39 is 5.82 Å². The zero-order valence-corrected chi connectivity index (χ0v) is 13.4. The monoisotopic (exact) mass is 355 g/mol. The third-order valence-electron chi connectivity index (χ3n) is 2.57. The van der Waals surface area contributed by atoms with E-state index in [-0.39, 0.29) is 5.75 Å². The summed E-state index contributed by atoms with van der Waals surface area (Å²) in [5.74, 6) is -0.170. The first-order valence-corrected chi connectivity index (χ1v) is 7.86. The van der Waals surface area contributed by atoms with Gasteiger partial charge in [-0.05, 0) is 36.8 Å². The molecule has 2 rings (SSSR count). The SMILES string of the molecule is CCCOc1cc(Sc2ccc(Br)cc2)c(N)cc1F. The van der Waals surface area contributed by atoms with Crippen LogP contribution < -0.4 is 10.5 Å². The molecule has 2 aromatic rings. The van der Waals surface area contributed by atoms with Crippen molar-refractivity contribution in [2.24, 2.45) is 0 Å². The smallest absolute Gasteiger partial charge is 0.167 e. The lowest BCUT2D eigenvalue weighted by Gasteiger charge is -2.11. The van der Waals surface area contributed by atoms with Gasteiger partial charge >= 0.3 is 0 Å². The van der Waals surface area contributed by atoms with Crippen molar-refractivity contribution >= 4 is 33.4 Å². The van der Waals surface area contributed by atoms with Gasteiger partial charge in [0, 0.05) is 26.0 Å². The maximum Gasteiger partial charge on any atom is 0.167 e. The van der Waals surface area contributed by atoms with Crippen LogP contribution in [-0.2, 0) is 0 Å². The molecular formula is C15H15BrFNOS. The molecule has 0 saturated heterocycles. The number of anilines is 1. The van der Waals surface area contributed by atoms with E-state index in [4.69, 9.17) is 10.5 Å². The number of rotatable bonds is 5. The van der Waals surface area contributed by atoms with Gasteiger partial charge in [0.05, 0.1) is 6.61 Å². The molecule has 0 fully saturated rings. The van der Waals surface area contributed by atoms with Gasteiger partial charge in [-0.3, -0.25) is 0 Å². The van der Waals surface area contributed by atoms with E-state index >= 15 is 0 Å². The van der Waals surface area contributed by atoms with Crippen molar-refractivity contribution < 1.29 is 9.13 Å². The minimum Gasteiger partial charge on any atom is -0.490 e. The average molecular weight is 356 g/mol. The van der Waals surface area contributed by atoms with E-state index in [0.717, 1.165) is 20.7 Å². The Kier molecular flexibility index (Phi) is 5.31. The van der Waals surface area contributed by atoms with Crippen LogP contribution in [0.3, 0.4) is 0 Å². The normalized spacial score (nSPS) is 10.6. The summed E-state index contributed by atoms with van der Waals surface area (Å²) in [5.41, 5.74) is 6.29. The zero-order valence-electron chi connectivity index (χ0n) is 11.0. The number of nitrogen functional groups attached to an aromatic ring is 1. The first kappa shape index (κ1) is 15.2. The van der Waals surface area contributed by atoms with Gasteiger partial charge in [-0.15, -0.1) is 0 Å². The molecule has 0 amide bonds. The minimum atomic E-state index is -0.420. The quantitative estimate of drug-likeness (QED) is 0.756. The number of nitrogens with two attached hydrogens (primary N) is 1. The van der Waals surface area contributed by atoms with Crippen molar-refractivity contribution in [1.82, 2.24) is 0 Å². The van der Waals surface area contributed by atoms with Crippen LogP contribution in [0.25, 0.3) is 0 Å². The molecule has 2 aromatic carbocycles. The van der Waals surface area contributed by atoms with Crippen LogP contribution in [0, 0.1) is 5.82 Å². The first-order chi connectivity index (χ1) is 9.60. The molecule has 0 aliphatic rings. The molecule has 0 aliphatic carbocycles. The topological polar surface area (TPSA) is 35.2 Å². The Hall–Kier alpha value is -1.20. The van der Waals surface area contributed by atoms with Crippen LogP contribution in [0.1, 0.15) is 13.3 Å². The van der Waals surface area contributed by atoms with Gasteiger partial charge in [-0.25, -0.2) is 4.39 Å². The van der Waals surface area contributed by atoms with Crippen molar-refractivity contribution in [1.29, 1.82) is 0 Å². The van der Waals surface area contributed by atoms with E-state index in [0.29, 0.717) is 12.3 Å². The molecule has 0 heterocycles. The predicted molar refractivity (Wildman–Crippen MR) is 84.9 cm³/mol. The maximum absolute atomic E-state index is 13.7. The van der Waals surface area contributed by atoms with Gasteiger partial charge in [-0.1, -0.05) is 34.6 Å². The summed E-state index contributed by atoms with van der Waals surface area (Å²) in [6.45, 7) is 2.47. The third kappa shape index (κ3) is 3.90. The fourth-order valence-electron chi connectivity index (χ4n) is 1.59. The number of hydrogen-bond acceptors (Lipinski definition) is 3. The second kappa shape index (κ2) is 6.99. The van der Waals surface area contributed by atoms with Crippen LogP contribution in [0.5, 0.6) is 5.75 Å². The zero-order chi connectivity index (χ0) is 14.5. The predicted octanol–water partition coefficient (Wildman–Crippen LogP) is 5.11. The summed E-state index contributed by atoms with van der Waals surface area (Å²) in [7, 11) is 0. The molecule has 106 valence electrons. The van der Waals surface area contributed by atoms with E-state index in [2.05, 4.69) is 15.9 Å². The Morgan fingerprint density at radius 2 is 1.95 bits per heavy atom. The van der Waals surface area contributed by atoms with Gasteiger partial charge in [0.1, 0.15) is 0 Å². The Morgan fingerprint density at radius 1 is 1.25 bits per heavy atom. The van der Waals surface area contributed by atoms with E-state index in [1.54, 1.807) is 6.07 Å². The van der Waals surface area contributed by atoms with Crippen molar-refractivity contribution in [3.05, 3.63) is 46.7 Å². The Morgan fingerprint density at radius 3 is 2.60 bits per heavy atom. The molecule has 0 radical (unpaired) electrons. The van der Waals surface area contributed by atoms with Gasteiger partial charge in [0.15, 0.2) is 11.6 Å². The fourth-order valence-corrected chi connectivity index (χ4v) is 2.72. The summed E-state index contributed by atoms with van der Waals surface area (Å²) >= 11 is 4.88. The number of hydrogen-bond donors (Lipinski definition) is 1. The maximum atomic E-state index is 13.7. The minimum absolute atomic E-state index is 0.251. The van der Waals surface area contributed by atoms with E-state index in [1.165, 1.54) is 17.8 Å². The molecule has 0 aromatic heterocycles. The molecule has 0 saturated carbocycles. The first-order valence-electron chi connectivity index (χ1n) is 6.25. The van der Waals surface area contributed by atoms with Crippen molar-refractivity contribution in [3.63, 3.8) is 0 Å². The lowest BCUT2D eigenvalue weighted by molar-refractivity contribution is 0.300. The molecule has 0 aliphatic heterocycles. The Bertz CT molecular complexity index is 589. The van der Waals surface area contributed by atoms with E-state index in [1.807, 2.05) is 31.2 Å². The van der Waals surface area contributed by atoms with Crippen LogP contribution in [0.2, 0.25) is 0 Å². The Labute approximate surface area is 130 Å². The van der Waals surface area contributed by atoms with Crippen molar-refractivity contribution in [3.8, 4) is 5.75 Å². The highest BCUT2D eigenvalue weighted by atomic mass is 79.9. The van der Waals surface area contributed by atoms with Gasteiger partial charge in [0.2, 0.25) is 0 Å². The number of ether oxygens (including phenoxy) is 1. The molecule has 0 atom stereocenters. The molecule has 0 spiro atoms.